The van der Waals surface area contributed by atoms with E-state index in [4.69, 9.17) is 17.3 Å². The number of nitrogens with one attached hydrogen (secondary N) is 1. The van der Waals surface area contributed by atoms with Crippen molar-refractivity contribution in [2.75, 3.05) is 30.3 Å². The topological polar surface area (TPSA) is 127 Å². The van der Waals surface area contributed by atoms with Gasteiger partial charge in [0.25, 0.3) is 0 Å². The van der Waals surface area contributed by atoms with Crippen molar-refractivity contribution in [2.45, 2.75) is 69.0 Å². The van der Waals surface area contributed by atoms with Crippen molar-refractivity contribution >= 4 is 37.2 Å². The van der Waals surface area contributed by atoms with Crippen LogP contribution in [0.2, 0.25) is 5.02 Å². The first kappa shape index (κ1) is 31.5. The molecule has 3 N–H and O–H groups in total. The van der Waals surface area contributed by atoms with E-state index in [1.54, 1.807) is 28.6 Å². The number of halogens is 2. The Morgan fingerprint density at radius 2 is 1.76 bits per heavy atom. The van der Waals surface area contributed by atoms with Gasteiger partial charge in [0.05, 0.1) is 23.3 Å². The standard InChI is InChI=1S/C30H39ClFN3O5S2/c31-23-8-6-20(7-9-23)29(21-12-15-41(37,38)16-13-21)30(33)28(36)17-22-3-1-5-27(32)26(22)11-10-25-18-34-24-4-2-14-42(39,40)35(25)19-24/h1,3,5-9,21,24-25,29-30,34H,2,4,10-19,33H2/t24?,25-,29-,30+/m0/s1. The Morgan fingerprint density at radius 1 is 1.05 bits per heavy atom. The first-order valence-electron chi connectivity index (χ1n) is 14.7. The number of benzene rings is 2. The van der Waals surface area contributed by atoms with Crippen molar-refractivity contribution in [3.8, 4) is 0 Å². The molecule has 0 amide bonds. The predicted molar refractivity (Wildman–Crippen MR) is 162 cm³/mol. The summed E-state index contributed by atoms with van der Waals surface area (Å²) < 4.78 is 66.8. The predicted octanol–water partition coefficient (Wildman–Crippen LogP) is 3.23. The van der Waals surface area contributed by atoms with Crippen molar-refractivity contribution in [1.82, 2.24) is 9.62 Å². The minimum Gasteiger partial charge on any atom is -0.321 e. The van der Waals surface area contributed by atoms with Crippen LogP contribution in [0.15, 0.2) is 42.5 Å². The van der Waals surface area contributed by atoms with Gasteiger partial charge in [0.2, 0.25) is 10.0 Å². The lowest BCUT2D eigenvalue weighted by atomic mass is 9.75. The van der Waals surface area contributed by atoms with Crippen molar-refractivity contribution in [3.63, 3.8) is 0 Å². The Bertz CT molecular complexity index is 1490. The van der Waals surface area contributed by atoms with Crippen LogP contribution in [-0.4, -0.2) is 75.4 Å². The van der Waals surface area contributed by atoms with E-state index < -0.39 is 37.6 Å². The first-order chi connectivity index (χ1) is 19.9. The molecule has 0 aromatic heterocycles. The number of ketones is 1. The van der Waals surface area contributed by atoms with Crippen molar-refractivity contribution in [1.29, 1.82) is 0 Å². The highest BCUT2D eigenvalue weighted by atomic mass is 35.5. The summed E-state index contributed by atoms with van der Waals surface area (Å²) in [6, 6.07) is 10.7. The normalized spacial score (nSPS) is 27.1. The number of hydrogen-bond acceptors (Lipinski definition) is 7. The maximum atomic E-state index is 15.2. The van der Waals surface area contributed by atoms with Crippen LogP contribution in [0.25, 0.3) is 0 Å². The lowest BCUT2D eigenvalue weighted by molar-refractivity contribution is -0.120. The molecule has 2 aromatic carbocycles. The molecular formula is C30H39ClFN3O5S2. The largest absolute Gasteiger partial charge is 0.321 e. The average Bonchev–Trinajstić information content (AvgIpc) is 3.06. The average molecular weight is 640 g/mol. The molecule has 2 unspecified atom stereocenters. The third-order valence-corrected chi connectivity index (χ3v) is 13.1. The Hall–Kier alpha value is -1.89. The smallest absolute Gasteiger partial charge is 0.214 e. The minimum atomic E-state index is -3.37. The fraction of sp³-hybridized carbons (Fsp3) is 0.567. The third-order valence-electron chi connectivity index (χ3n) is 9.19. The van der Waals surface area contributed by atoms with Crippen LogP contribution in [0.3, 0.4) is 0 Å². The van der Waals surface area contributed by atoms with Gasteiger partial charge in [-0.05, 0) is 79.3 Å². The molecule has 0 spiro atoms. The Kier molecular flexibility index (Phi) is 9.76. The van der Waals surface area contributed by atoms with Crippen LogP contribution in [0.1, 0.15) is 54.7 Å². The van der Waals surface area contributed by atoms with Crippen LogP contribution < -0.4 is 11.1 Å². The molecule has 3 aliphatic rings. The van der Waals surface area contributed by atoms with Crippen molar-refractivity contribution < 1.29 is 26.0 Å². The monoisotopic (exact) mass is 639 g/mol. The fourth-order valence-electron chi connectivity index (χ4n) is 6.84. The number of sulfone groups is 1. The quantitative estimate of drug-likeness (QED) is 0.431. The van der Waals surface area contributed by atoms with Gasteiger partial charge < -0.3 is 11.1 Å². The summed E-state index contributed by atoms with van der Waals surface area (Å²) in [5, 5.41) is 3.99. The fourth-order valence-corrected chi connectivity index (χ4v) is 10.3. The minimum absolute atomic E-state index is 0.0558. The number of Topliss-reactive ketones (excluding diaryl/α,β-unsaturated/α-hetero) is 1. The van der Waals surface area contributed by atoms with Gasteiger partial charge in [0.15, 0.2) is 5.78 Å². The molecule has 230 valence electrons. The summed E-state index contributed by atoms with van der Waals surface area (Å²) in [6.45, 7) is 0.941. The van der Waals surface area contributed by atoms with Gasteiger partial charge in [0, 0.05) is 42.5 Å². The van der Waals surface area contributed by atoms with Gasteiger partial charge in [-0.1, -0.05) is 35.9 Å². The zero-order chi connectivity index (χ0) is 30.1. The molecule has 12 heteroatoms. The summed E-state index contributed by atoms with van der Waals surface area (Å²) in [5.74, 6) is -0.953. The highest BCUT2D eigenvalue weighted by molar-refractivity contribution is 7.91. The Morgan fingerprint density at radius 3 is 2.48 bits per heavy atom. The molecular weight excluding hydrogens is 601 g/mol. The number of nitrogens with zero attached hydrogens (tertiary/aromatic N) is 1. The lowest BCUT2D eigenvalue weighted by Crippen LogP contribution is -2.57. The third kappa shape index (κ3) is 7.25. The summed E-state index contributed by atoms with van der Waals surface area (Å²) in [4.78, 5) is 13.7. The second-order valence-corrected chi connectivity index (χ2v) is 16.7. The highest BCUT2D eigenvalue weighted by Gasteiger charge is 2.39. The van der Waals surface area contributed by atoms with E-state index in [9.17, 15) is 21.6 Å². The number of fused-ring (bicyclic) bond motifs is 2. The molecule has 3 fully saturated rings. The Labute approximate surface area is 253 Å². The van der Waals surface area contributed by atoms with Crippen LogP contribution in [-0.2, 0) is 37.5 Å². The van der Waals surface area contributed by atoms with Gasteiger partial charge in [0.1, 0.15) is 15.7 Å². The van der Waals surface area contributed by atoms with E-state index in [1.165, 1.54) is 6.07 Å². The molecule has 0 aliphatic carbocycles. The van der Waals surface area contributed by atoms with Crippen LogP contribution in [0.5, 0.6) is 0 Å². The number of hydrogen-bond donors (Lipinski definition) is 2. The van der Waals surface area contributed by atoms with E-state index >= 15 is 4.39 Å². The molecule has 42 heavy (non-hydrogen) atoms. The van der Waals surface area contributed by atoms with E-state index in [0.29, 0.717) is 54.9 Å². The number of piperazine rings is 1. The van der Waals surface area contributed by atoms with Gasteiger partial charge in [-0.3, -0.25) is 4.79 Å². The number of carbonyl (C=O) groups is 1. The maximum absolute atomic E-state index is 15.2. The molecule has 0 saturated carbocycles. The van der Waals surface area contributed by atoms with E-state index in [-0.39, 0.29) is 53.9 Å². The van der Waals surface area contributed by atoms with Gasteiger partial charge in [-0.25, -0.2) is 21.2 Å². The zero-order valence-corrected chi connectivity index (χ0v) is 25.9. The van der Waals surface area contributed by atoms with Gasteiger partial charge >= 0.3 is 0 Å². The molecule has 2 bridgehead atoms. The summed E-state index contributed by atoms with van der Waals surface area (Å²) in [5.41, 5.74) is 8.42. The van der Waals surface area contributed by atoms with E-state index in [1.807, 2.05) is 12.1 Å². The summed E-state index contributed by atoms with van der Waals surface area (Å²) in [7, 11) is -6.48. The molecule has 0 radical (unpaired) electrons. The lowest BCUT2D eigenvalue weighted by Gasteiger charge is -2.37. The second-order valence-electron chi connectivity index (χ2n) is 11.9. The number of carbonyl (C=O) groups excluding carboxylic acids is 1. The van der Waals surface area contributed by atoms with E-state index in [0.717, 1.165) is 12.0 Å². The van der Waals surface area contributed by atoms with Gasteiger partial charge in [-0.15, -0.1) is 0 Å². The van der Waals surface area contributed by atoms with Crippen LogP contribution in [0, 0.1) is 11.7 Å². The zero-order valence-electron chi connectivity index (χ0n) is 23.6. The summed E-state index contributed by atoms with van der Waals surface area (Å²) in [6.07, 6.45) is 2.91. The molecule has 3 heterocycles. The number of nitrogens with two attached hydrogens (primary N) is 1. The maximum Gasteiger partial charge on any atom is 0.214 e. The number of sulfonamides is 1. The molecule has 3 aliphatic heterocycles. The Balaban J connectivity index is 1.33. The highest BCUT2D eigenvalue weighted by Crippen LogP contribution is 2.37. The SMILES string of the molecule is N[C@H](C(=O)Cc1cccc(F)c1CC[C@H]1CNC2CCCS(=O)(=O)N1C2)[C@@H](c1ccc(Cl)cc1)C1CCS(=O)(=O)CC1. The van der Waals surface area contributed by atoms with Gasteiger partial charge in [-0.2, -0.15) is 4.31 Å². The number of rotatable bonds is 9. The molecule has 8 nitrogen and oxygen atoms in total. The van der Waals surface area contributed by atoms with Crippen molar-refractivity contribution in [3.05, 3.63) is 70.0 Å². The van der Waals surface area contributed by atoms with Crippen LogP contribution in [0.4, 0.5) is 4.39 Å². The summed E-state index contributed by atoms with van der Waals surface area (Å²) >= 11 is 6.11. The molecule has 5 rings (SSSR count). The van der Waals surface area contributed by atoms with Crippen LogP contribution >= 0.6 is 11.6 Å². The van der Waals surface area contributed by atoms with Crippen molar-refractivity contribution in [2.24, 2.45) is 11.7 Å². The first-order valence-corrected chi connectivity index (χ1v) is 18.5. The van der Waals surface area contributed by atoms with E-state index in [2.05, 4.69) is 5.32 Å². The molecule has 3 saturated heterocycles. The molecule has 5 atom stereocenters. The molecule has 2 aromatic rings. The second kappa shape index (κ2) is 13.0.